The average molecular weight is 249 g/mol. The first kappa shape index (κ1) is 13.1. The SMILES string of the molecule is CCNC(C1=COCCC1)c1cc(F)ccc1C. The Bertz CT molecular complexity index is 442. The van der Waals surface area contributed by atoms with Crippen LogP contribution in [0.1, 0.15) is 36.9 Å². The third kappa shape index (κ3) is 2.91. The fourth-order valence-corrected chi connectivity index (χ4v) is 2.36. The first-order valence-electron chi connectivity index (χ1n) is 6.52. The molecule has 0 spiro atoms. The van der Waals surface area contributed by atoms with Gasteiger partial charge in [0.15, 0.2) is 0 Å². The van der Waals surface area contributed by atoms with Gasteiger partial charge >= 0.3 is 0 Å². The van der Waals surface area contributed by atoms with Crippen LogP contribution in [0.15, 0.2) is 30.0 Å². The van der Waals surface area contributed by atoms with E-state index in [9.17, 15) is 4.39 Å². The summed E-state index contributed by atoms with van der Waals surface area (Å²) in [6.45, 7) is 5.71. The van der Waals surface area contributed by atoms with Crippen molar-refractivity contribution in [3.05, 3.63) is 47.0 Å². The Hall–Kier alpha value is -1.35. The highest BCUT2D eigenvalue weighted by molar-refractivity contribution is 5.35. The first-order chi connectivity index (χ1) is 8.72. The molecular formula is C15H20FNO. The zero-order chi connectivity index (χ0) is 13.0. The molecule has 0 fully saturated rings. The van der Waals surface area contributed by atoms with E-state index in [4.69, 9.17) is 4.74 Å². The molecule has 3 heteroatoms. The molecule has 1 aliphatic heterocycles. The van der Waals surface area contributed by atoms with Crippen molar-refractivity contribution in [1.29, 1.82) is 0 Å². The standard InChI is InChI=1S/C15H20FNO/c1-3-17-15(12-5-4-8-18-10-12)14-9-13(16)7-6-11(14)2/h6-7,9-10,15,17H,3-5,8H2,1-2H3. The van der Waals surface area contributed by atoms with Gasteiger partial charge < -0.3 is 10.1 Å². The first-order valence-corrected chi connectivity index (χ1v) is 6.52. The maximum absolute atomic E-state index is 13.4. The van der Waals surface area contributed by atoms with E-state index in [1.54, 1.807) is 6.07 Å². The molecule has 0 radical (unpaired) electrons. The van der Waals surface area contributed by atoms with E-state index in [0.29, 0.717) is 0 Å². The summed E-state index contributed by atoms with van der Waals surface area (Å²) in [4.78, 5) is 0. The highest BCUT2D eigenvalue weighted by Crippen LogP contribution is 2.30. The molecule has 1 aliphatic rings. The molecule has 0 saturated heterocycles. The summed E-state index contributed by atoms with van der Waals surface area (Å²) in [5.74, 6) is -0.184. The minimum Gasteiger partial charge on any atom is -0.501 e. The second-order valence-electron chi connectivity index (χ2n) is 4.66. The van der Waals surface area contributed by atoms with Gasteiger partial charge in [0.05, 0.1) is 18.9 Å². The molecule has 2 nitrogen and oxygen atoms in total. The lowest BCUT2D eigenvalue weighted by atomic mass is 9.92. The quantitative estimate of drug-likeness (QED) is 0.882. The largest absolute Gasteiger partial charge is 0.501 e. The van der Waals surface area contributed by atoms with Gasteiger partial charge in [-0.25, -0.2) is 4.39 Å². The van der Waals surface area contributed by atoms with E-state index < -0.39 is 0 Å². The molecule has 0 saturated carbocycles. The minimum atomic E-state index is -0.184. The molecule has 0 bridgehead atoms. The van der Waals surface area contributed by atoms with Crippen molar-refractivity contribution in [3.63, 3.8) is 0 Å². The van der Waals surface area contributed by atoms with E-state index in [1.807, 2.05) is 19.3 Å². The smallest absolute Gasteiger partial charge is 0.123 e. The van der Waals surface area contributed by atoms with Crippen molar-refractivity contribution < 1.29 is 9.13 Å². The van der Waals surface area contributed by atoms with E-state index in [0.717, 1.165) is 37.1 Å². The number of hydrogen-bond acceptors (Lipinski definition) is 2. The molecule has 18 heavy (non-hydrogen) atoms. The summed E-state index contributed by atoms with van der Waals surface area (Å²) in [5.41, 5.74) is 3.32. The predicted octanol–water partition coefficient (Wildman–Crippen LogP) is 3.48. The number of aryl methyl sites for hydroxylation is 1. The Morgan fingerprint density at radius 1 is 1.44 bits per heavy atom. The van der Waals surface area contributed by atoms with Crippen molar-refractivity contribution in [3.8, 4) is 0 Å². The topological polar surface area (TPSA) is 21.3 Å². The number of benzene rings is 1. The molecule has 2 rings (SSSR count). The Morgan fingerprint density at radius 2 is 2.28 bits per heavy atom. The lowest BCUT2D eigenvalue weighted by molar-refractivity contribution is 0.219. The van der Waals surface area contributed by atoms with Crippen LogP contribution in [0.5, 0.6) is 0 Å². The molecule has 98 valence electrons. The monoisotopic (exact) mass is 249 g/mol. The lowest BCUT2D eigenvalue weighted by Gasteiger charge is -2.25. The minimum absolute atomic E-state index is 0.0611. The van der Waals surface area contributed by atoms with Crippen molar-refractivity contribution in [2.24, 2.45) is 0 Å². The summed E-state index contributed by atoms with van der Waals surface area (Å²) in [6, 6.07) is 5.02. The molecule has 0 amide bonds. The Morgan fingerprint density at radius 3 is 2.94 bits per heavy atom. The van der Waals surface area contributed by atoms with Crippen LogP contribution in [0.3, 0.4) is 0 Å². The third-order valence-corrected chi connectivity index (χ3v) is 3.29. The Labute approximate surface area is 108 Å². The maximum atomic E-state index is 13.4. The van der Waals surface area contributed by atoms with Gasteiger partial charge in [0, 0.05) is 0 Å². The molecule has 1 aromatic rings. The lowest BCUT2D eigenvalue weighted by Crippen LogP contribution is -2.25. The van der Waals surface area contributed by atoms with Crippen LogP contribution in [-0.4, -0.2) is 13.2 Å². The van der Waals surface area contributed by atoms with Crippen molar-refractivity contribution >= 4 is 0 Å². The summed E-state index contributed by atoms with van der Waals surface area (Å²) >= 11 is 0. The van der Waals surface area contributed by atoms with Crippen LogP contribution in [-0.2, 0) is 4.74 Å². The molecule has 1 N–H and O–H groups in total. The van der Waals surface area contributed by atoms with Crippen LogP contribution in [0, 0.1) is 12.7 Å². The number of likely N-dealkylation sites (N-methyl/N-ethyl adjacent to an activating group) is 1. The van der Waals surface area contributed by atoms with Crippen molar-refractivity contribution in [2.75, 3.05) is 13.2 Å². The summed E-state index contributed by atoms with van der Waals surface area (Å²) < 4.78 is 18.8. The number of rotatable bonds is 4. The van der Waals surface area contributed by atoms with Gasteiger partial charge in [-0.05, 0) is 55.1 Å². The molecule has 1 atom stereocenters. The van der Waals surface area contributed by atoms with Crippen LogP contribution < -0.4 is 5.32 Å². The number of ether oxygens (including phenoxy) is 1. The van der Waals surface area contributed by atoms with Gasteiger partial charge in [-0.1, -0.05) is 13.0 Å². The van der Waals surface area contributed by atoms with E-state index >= 15 is 0 Å². The fourth-order valence-electron chi connectivity index (χ4n) is 2.36. The number of hydrogen-bond donors (Lipinski definition) is 1. The maximum Gasteiger partial charge on any atom is 0.123 e. The zero-order valence-corrected chi connectivity index (χ0v) is 11.0. The summed E-state index contributed by atoms with van der Waals surface area (Å²) in [5, 5.41) is 3.42. The van der Waals surface area contributed by atoms with Gasteiger partial charge in [0.25, 0.3) is 0 Å². The second kappa shape index (κ2) is 6.01. The van der Waals surface area contributed by atoms with Crippen molar-refractivity contribution in [1.82, 2.24) is 5.32 Å². The molecule has 1 unspecified atom stereocenters. The van der Waals surface area contributed by atoms with Crippen molar-refractivity contribution in [2.45, 2.75) is 32.7 Å². The molecule has 1 aromatic carbocycles. The number of halogens is 1. The molecule has 1 heterocycles. The third-order valence-electron chi connectivity index (χ3n) is 3.29. The average Bonchev–Trinajstić information content (AvgIpc) is 2.40. The van der Waals surface area contributed by atoms with Crippen LogP contribution in [0.4, 0.5) is 4.39 Å². The normalized spacial score (nSPS) is 16.9. The Balaban J connectivity index is 2.34. The zero-order valence-electron chi connectivity index (χ0n) is 11.0. The highest BCUT2D eigenvalue weighted by Gasteiger charge is 2.20. The van der Waals surface area contributed by atoms with E-state index in [-0.39, 0.29) is 11.9 Å². The second-order valence-corrected chi connectivity index (χ2v) is 4.66. The van der Waals surface area contributed by atoms with Crippen LogP contribution in [0.25, 0.3) is 0 Å². The van der Waals surface area contributed by atoms with Gasteiger partial charge in [-0.3, -0.25) is 0 Å². The highest BCUT2D eigenvalue weighted by atomic mass is 19.1. The number of nitrogens with one attached hydrogen (secondary N) is 1. The summed E-state index contributed by atoms with van der Waals surface area (Å²) in [6.07, 6.45) is 3.87. The van der Waals surface area contributed by atoms with Gasteiger partial charge in [0.2, 0.25) is 0 Å². The Kier molecular flexibility index (Phi) is 4.37. The van der Waals surface area contributed by atoms with Crippen LogP contribution >= 0.6 is 0 Å². The fraction of sp³-hybridized carbons (Fsp3) is 0.467. The predicted molar refractivity (Wildman–Crippen MR) is 70.8 cm³/mol. The van der Waals surface area contributed by atoms with Gasteiger partial charge in [-0.15, -0.1) is 0 Å². The van der Waals surface area contributed by atoms with E-state index in [1.165, 1.54) is 11.6 Å². The molecule has 0 aliphatic carbocycles. The molecule has 0 aromatic heterocycles. The van der Waals surface area contributed by atoms with Gasteiger partial charge in [0.1, 0.15) is 5.82 Å². The van der Waals surface area contributed by atoms with Crippen LogP contribution in [0.2, 0.25) is 0 Å². The molecular weight excluding hydrogens is 229 g/mol. The van der Waals surface area contributed by atoms with E-state index in [2.05, 4.69) is 12.2 Å². The van der Waals surface area contributed by atoms with Gasteiger partial charge in [-0.2, -0.15) is 0 Å². The summed E-state index contributed by atoms with van der Waals surface area (Å²) in [7, 11) is 0.